The van der Waals surface area contributed by atoms with Crippen LogP contribution in [-0.2, 0) is 0 Å². The first-order chi connectivity index (χ1) is 7.65. The fourth-order valence-corrected chi connectivity index (χ4v) is 3.18. The Hall–Kier alpha value is -1.28. The number of nitrogens with two attached hydrogens (primary N) is 1. The van der Waals surface area contributed by atoms with Crippen LogP contribution in [0.2, 0.25) is 0 Å². The van der Waals surface area contributed by atoms with E-state index in [1.54, 1.807) is 0 Å². The Balaban J connectivity index is 2.33. The van der Waals surface area contributed by atoms with Gasteiger partial charge in [-0.15, -0.1) is 0 Å². The molecule has 16 heavy (non-hydrogen) atoms. The smallest absolute Gasteiger partial charge is 0.157 e. The highest BCUT2D eigenvalue weighted by atomic mass is 32.1. The summed E-state index contributed by atoms with van der Waals surface area (Å²) in [7, 11) is 0. The molecule has 0 amide bonds. The van der Waals surface area contributed by atoms with Crippen molar-refractivity contribution < 1.29 is 0 Å². The summed E-state index contributed by atoms with van der Waals surface area (Å²) >= 11 is 1.35. The molecule has 0 bridgehead atoms. The van der Waals surface area contributed by atoms with Crippen molar-refractivity contribution >= 4 is 22.4 Å². The number of hydrogen-bond donors (Lipinski definition) is 1. The summed E-state index contributed by atoms with van der Waals surface area (Å²) in [5.74, 6) is 0.967. The van der Waals surface area contributed by atoms with E-state index in [4.69, 9.17) is 11.0 Å². The molecule has 1 saturated heterocycles. The molecule has 1 atom stereocenters. The minimum atomic E-state index is 0.372. The highest BCUT2D eigenvalue weighted by Crippen LogP contribution is 2.36. The predicted octanol–water partition coefficient (Wildman–Crippen LogP) is 2.22. The molecule has 1 aromatic heterocycles. The zero-order chi connectivity index (χ0) is 11.7. The molecule has 2 rings (SSSR count). The highest BCUT2D eigenvalue weighted by molar-refractivity contribution is 7.10. The summed E-state index contributed by atoms with van der Waals surface area (Å²) in [5, 5.41) is 10.0. The second kappa shape index (κ2) is 4.30. The van der Waals surface area contributed by atoms with E-state index < -0.39 is 0 Å². The van der Waals surface area contributed by atoms with Crippen LogP contribution in [0, 0.1) is 17.2 Å². The van der Waals surface area contributed by atoms with Gasteiger partial charge in [0.25, 0.3) is 0 Å². The van der Waals surface area contributed by atoms with Crippen molar-refractivity contribution in [1.82, 2.24) is 4.37 Å². The summed E-state index contributed by atoms with van der Waals surface area (Å²) in [4.78, 5) is 2.30. The average molecular weight is 236 g/mol. The zero-order valence-electron chi connectivity index (χ0n) is 9.60. The molecule has 0 radical (unpaired) electrons. The van der Waals surface area contributed by atoms with Gasteiger partial charge in [-0.05, 0) is 30.3 Å². The Kier molecular flexibility index (Phi) is 3.01. The summed E-state index contributed by atoms with van der Waals surface area (Å²) in [6, 6.07) is 2.68. The normalized spacial score (nSPS) is 20.4. The third-order valence-corrected chi connectivity index (χ3v) is 4.04. The maximum Gasteiger partial charge on any atom is 0.157 e. The van der Waals surface area contributed by atoms with Crippen molar-refractivity contribution in [3.63, 3.8) is 0 Å². The molecule has 0 aliphatic carbocycles. The average Bonchev–Trinajstić information content (AvgIpc) is 2.82. The Morgan fingerprint density at radius 1 is 1.62 bits per heavy atom. The lowest BCUT2D eigenvalue weighted by Crippen LogP contribution is -2.33. The van der Waals surface area contributed by atoms with Crippen LogP contribution in [0.15, 0.2) is 0 Å². The number of anilines is 2. The molecular formula is C11H16N4S. The molecule has 1 aliphatic heterocycles. The predicted molar refractivity (Wildman–Crippen MR) is 66.4 cm³/mol. The summed E-state index contributed by atoms with van der Waals surface area (Å²) in [5.41, 5.74) is 6.24. The number of nitriles is 1. The highest BCUT2D eigenvalue weighted by Gasteiger charge is 2.30. The van der Waals surface area contributed by atoms with E-state index in [-0.39, 0.29) is 0 Å². The Bertz CT molecular complexity index is 418. The van der Waals surface area contributed by atoms with E-state index in [0.717, 1.165) is 11.5 Å². The quantitative estimate of drug-likeness (QED) is 0.855. The van der Waals surface area contributed by atoms with Gasteiger partial charge in [-0.3, -0.25) is 0 Å². The Morgan fingerprint density at radius 3 is 3.00 bits per heavy atom. The van der Waals surface area contributed by atoms with Crippen LogP contribution in [0.25, 0.3) is 0 Å². The lowest BCUT2D eigenvalue weighted by molar-refractivity contribution is 0.493. The molecule has 1 unspecified atom stereocenters. The van der Waals surface area contributed by atoms with Gasteiger partial charge in [-0.25, -0.2) is 0 Å². The fraction of sp³-hybridized carbons (Fsp3) is 0.636. The molecule has 2 N–H and O–H groups in total. The topological polar surface area (TPSA) is 65.9 Å². The number of hydrogen-bond acceptors (Lipinski definition) is 5. The lowest BCUT2D eigenvalue weighted by Gasteiger charge is -2.28. The molecule has 2 heterocycles. The SMILES string of the molecule is CC(C)C1CCCN1c1snc(N)c1C#N. The Labute approximate surface area is 99.8 Å². The van der Waals surface area contributed by atoms with Crippen LogP contribution in [0.5, 0.6) is 0 Å². The van der Waals surface area contributed by atoms with Crippen molar-refractivity contribution in [1.29, 1.82) is 5.26 Å². The molecule has 0 aromatic carbocycles. The van der Waals surface area contributed by atoms with Crippen LogP contribution in [0.3, 0.4) is 0 Å². The van der Waals surface area contributed by atoms with Gasteiger partial charge in [-0.1, -0.05) is 13.8 Å². The summed E-state index contributed by atoms with van der Waals surface area (Å²) < 4.78 is 4.08. The zero-order valence-corrected chi connectivity index (χ0v) is 10.4. The van der Waals surface area contributed by atoms with Gasteiger partial charge in [0, 0.05) is 12.6 Å². The van der Waals surface area contributed by atoms with Gasteiger partial charge >= 0.3 is 0 Å². The largest absolute Gasteiger partial charge is 0.382 e. The molecule has 1 fully saturated rings. The molecule has 1 aliphatic rings. The van der Waals surface area contributed by atoms with Crippen molar-refractivity contribution in [2.24, 2.45) is 5.92 Å². The molecule has 4 nitrogen and oxygen atoms in total. The van der Waals surface area contributed by atoms with E-state index in [1.807, 2.05) is 0 Å². The van der Waals surface area contributed by atoms with Crippen molar-refractivity contribution in [2.75, 3.05) is 17.2 Å². The van der Waals surface area contributed by atoms with Crippen LogP contribution < -0.4 is 10.6 Å². The van der Waals surface area contributed by atoms with Crippen LogP contribution in [0.4, 0.5) is 10.8 Å². The molecular weight excluding hydrogens is 220 g/mol. The third kappa shape index (κ3) is 1.74. The van der Waals surface area contributed by atoms with Crippen molar-refractivity contribution in [2.45, 2.75) is 32.7 Å². The number of nitrogen functional groups attached to an aromatic ring is 1. The number of aromatic nitrogens is 1. The van der Waals surface area contributed by atoms with Gasteiger partial charge in [0.05, 0.1) is 0 Å². The minimum absolute atomic E-state index is 0.372. The molecule has 86 valence electrons. The van der Waals surface area contributed by atoms with Gasteiger partial charge in [-0.2, -0.15) is 9.64 Å². The number of nitrogens with zero attached hydrogens (tertiary/aromatic N) is 3. The van der Waals surface area contributed by atoms with Gasteiger partial charge in [0.15, 0.2) is 5.82 Å². The first kappa shape index (κ1) is 11.2. The molecule has 1 aromatic rings. The maximum absolute atomic E-state index is 9.08. The molecule has 5 heteroatoms. The second-order valence-electron chi connectivity index (χ2n) is 4.51. The van der Waals surface area contributed by atoms with Crippen LogP contribution >= 0.6 is 11.5 Å². The first-order valence-corrected chi connectivity index (χ1v) is 6.34. The van der Waals surface area contributed by atoms with Crippen molar-refractivity contribution in [3.05, 3.63) is 5.56 Å². The summed E-state index contributed by atoms with van der Waals surface area (Å²) in [6.07, 6.45) is 2.38. The van der Waals surface area contributed by atoms with Crippen LogP contribution in [-0.4, -0.2) is 17.0 Å². The van der Waals surface area contributed by atoms with E-state index in [9.17, 15) is 0 Å². The van der Waals surface area contributed by atoms with E-state index >= 15 is 0 Å². The number of rotatable bonds is 2. The van der Waals surface area contributed by atoms with E-state index in [0.29, 0.717) is 23.3 Å². The Morgan fingerprint density at radius 2 is 2.38 bits per heavy atom. The molecule has 0 spiro atoms. The van der Waals surface area contributed by atoms with Gasteiger partial charge in [0.2, 0.25) is 0 Å². The van der Waals surface area contributed by atoms with Gasteiger partial charge < -0.3 is 10.6 Å². The fourth-order valence-electron chi connectivity index (χ4n) is 2.33. The lowest BCUT2D eigenvalue weighted by atomic mass is 10.0. The van der Waals surface area contributed by atoms with E-state index in [2.05, 4.69) is 29.2 Å². The first-order valence-electron chi connectivity index (χ1n) is 5.57. The second-order valence-corrected chi connectivity index (χ2v) is 5.26. The minimum Gasteiger partial charge on any atom is -0.382 e. The summed E-state index contributed by atoms with van der Waals surface area (Å²) in [6.45, 7) is 5.46. The third-order valence-electron chi connectivity index (χ3n) is 3.14. The monoisotopic (exact) mass is 236 g/mol. The van der Waals surface area contributed by atoms with E-state index in [1.165, 1.54) is 24.4 Å². The van der Waals surface area contributed by atoms with Crippen molar-refractivity contribution in [3.8, 4) is 6.07 Å². The standard InChI is InChI=1S/C11H16N4S/c1-7(2)9-4-3-5-15(9)11-8(6-12)10(13)14-16-11/h7,9H,3-5H2,1-2H3,(H2,13,14). The van der Waals surface area contributed by atoms with Gasteiger partial charge in [0.1, 0.15) is 16.6 Å². The van der Waals surface area contributed by atoms with Crippen LogP contribution in [0.1, 0.15) is 32.3 Å². The maximum atomic E-state index is 9.08. The molecule has 0 saturated carbocycles.